The van der Waals surface area contributed by atoms with Crippen LogP contribution in [-0.4, -0.2) is 68.2 Å². The molecule has 2 aliphatic heterocycles. The molecular formula is C12H23N3O2. The zero-order valence-corrected chi connectivity index (χ0v) is 10.6. The second-order valence-corrected chi connectivity index (χ2v) is 5.20. The van der Waals surface area contributed by atoms with Gasteiger partial charge in [-0.3, -0.25) is 4.79 Å². The van der Waals surface area contributed by atoms with E-state index >= 15 is 0 Å². The highest BCUT2D eigenvalue weighted by molar-refractivity contribution is 5.78. The number of morpholine rings is 1. The zero-order valence-electron chi connectivity index (χ0n) is 10.6. The topological polar surface area (TPSA) is 58.8 Å². The monoisotopic (exact) mass is 241 g/mol. The number of carbonyl (C=O) groups is 1. The molecule has 5 nitrogen and oxygen atoms in total. The number of ether oxygens (including phenoxy) is 1. The van der Waals surface area contributed by atoms with Gasteiger partial charge in [0.05, 0.1) is 12.6 Å². The van der Waals surface area contributed by atoms with Gasteiger partial charge in [-0.1, -0.05) is 0 Å². The van der Waals surface area contributed by atoms with E-state index in [1.165, 1.54) is 12.8 Å². The largest absolute Gasteiger partial charge is 0.369 e. The number of likely N-dealkylation sites (tertiary alicyclic amines) is 1. The van der Waals surface area contributed by atoms with E-state index in [1.54, 1.807) is 0 Å². The van der Waals surface area contributed by atoms with E-state index < -0.39 is 0 Å². The molecule has 5 heteroatoms. The molecule has 0 aromatic rings. The predicted octanol–water partition coefficient (Wildman–Crippen LogP) is -0.486. The fourth-order valence-corrected chi connectivity index (χ4v) is 2.63. The van der Waals surface area contributed by atoms with Crippen LogP contribution in [0.3, 0.4) is 0 Å². The van der Waals surface area contributed by atoms with Crippen molar-refractivity contribution in [3.05, 3.63) is 0 Å². The van der Waals surface area contributed by atoms with Crippen LogP contribution in [0.15, 0.2) is 0 Å². The average molecular weight is 241 g/mol. The van der Waals surface area contributed by atoms with Gasteiger partial charge in [0.15, 0.2) is 0 Å². The summed E-state index contributed by atoms with van der Waals surface area (Å²) in [5.74, 6) is 0.730. The molecule has 1 amide bonds. The smallest absolute Gasteiger partial charge is 0.248 e. The molecule has 2 heterocycles. The lowest BCUT2D eigenvalue weighted by molar-refractivity contribution is -0.148. The van der Waals surface area contributed by atoms with Gasteiger partial charge in [-0.2, -0.15) is 0 Å². The molecule has 0 radical (unpaired) electrons. The first-order chi connectivity index (χ1) is 8.20. The third-order valence-corrected chi connectivity index (χ3v) is 3.86. The summed E-state index contributed by atoms with van der Waals surface area (Å²) in [5, 5.41) is 0. The molecule has 1 atom stereocenters. The third kappa shape index (κ3) is 3.18. The molecule has 0 aromatic heterocycles. The van der Waals surface area contributed by atoms with E-state index in [4.69, 9.17) is 10.5 Å². The van der Waals surface area contributed by atoms with Gasteiger partial charge in [-0.25, -0.2) is 0 Å². The molecule has 98 valence electrons. The van der Waals surface area contributed by atoms with Crippen molar-refractivity contribution in [2.45, 2.75) is 18.9 Å². The summed E-state index contributed by atoms with van der Waals surface area (Å²) in [6, 6.07) is 0.0795. The van der Waals surface area contributed by atoms with Gasteiger partial charge in [-0.05, 0) is 38.9 Å². The molecule has 0 aromatic carbocycles. The Balaban J connectivity index is 1.88. The van der Waals surface area contributed by atoms with Crippen LogP contribution in [0, 0.1) is 5.92 Å². The molecule has 0 saturated carbocycles. The zero-order chi connectivity index (χ0) is 12.3. The number of amides is 1. The van der Waals surface area contributed by atoms with E-state index in [0.29, 0.717) is 19.1 Å². The molecule has 0 spiro atoms. The van der Waals surface area contributed by atoms with Crippen molar-refractivity contribution in [1.82, 2.24) is 9.80 Å². The molecular weight excluding hydrogens is 218 g/mol. The lowest BCUT2D eigenvalue weighted by atomic mass is 9.95. The van der Waals surface area contributed by atoms with Crippen LogP contribution in [0.5, 0.6) is 0 Å². The van der Waals surface area contributed by atoms with E-state index in [9.17, 15) is 4.79 Å². The van der Waals surface area contributed by atoms with Crippen LogP contribution in [0.1, 0.15) is 12.8 Å². The molecule has 2 N–H and O–H groups in total. The van der Waals surface area contributed by atoms with Crippen LogP contribution >= 0.6 is 0 Å². The highest BCUT2D eigenvalue weighted by Crippen LogP contribution is 2.19. The number of hydrogen-bond acceptors (Lipinski definition) is 4. The molecule has 2 rings (SSSR count). The van der Waals surface area contributed by atoms with Crippen LogP contribution in [0.25, 0.3) is 0 Å². The fourth-order valence-electron chi connectivity index (χ4n) is 2.63. The fraction of sp³-hybridized carbons (Fsp3) is 0.917. The van der Waals surface area contributed by atoms with Crippen molar-refractivity contribution in [3.63, 3.8) is 0 Å². The van der Waals surface area contributed by atoms with Crippen LogP contribution in [0.4, 0.5) is 0 Å². The van der Waals surface area contributed by atoms with E-state index in [1.807, 2.05) is 4.90 Å². The van der Waals surface area contributed by atoms with Crippen molar-refractivity contribution in [1.29, 1.82) is 0 Å². The summed E-state index contributed by atoms with van der Waals surface area (Å²) in [4.78, 5) is 16.1. The number of hydrogen-bond donors (Lipinski definition) is 1. The van der Waals surface area contributed by atoms with E-state index in [2.05, 4.69) is 11.9 Å². The summed E-state index contributed by atoms with van der Waals surface area (Å²) < 4.78 is 5.24. The van der Waals surface area contributed by atoms with E-state index in [-0.39, 0.29) is 18.6 Å². The minimum Gasteiger partial charge on any atom is -0.369 e. The number of nitrogens with two attached hydrogens (primary N) is 1. The Morgan fingerprint density at radius 3 is 2.76 bits per heavy atom. The maximum Gasteiger partial charge on any atom is 0.248 e. The Morgan fingerprint density at radius 1 is 1.41 bits per heavy atom. The Kier molecular flexibility index (Phi) is 4.36. The first-order valence-corrected chi connectivity index (χ1v) is 6.46. The first-order valence-electron chi connectivity index (χ1n) is 6.46. The van der Waals surface area contributed by atoms with Gasteiger partial charge in [0, 0.05) is 13.1 Å². The van der Waals surface area contributed by atoms with Gasteiger partial charge in [0.25, 0.3) is 0 Å². The lowest BCUT2D eigenvalue weighted by Crippen LogP contribution is -2.54. The highest BCUT2D eigenvalue weighted by atomic mass is 16.5. The van der Waals surface area contributed by atoms with Gasteiger partial charge in [0.1, 0.15) is 6.61 Å². The Bertz CT molecular complexity index is 264. The quantitative estimate of drug-likeness (QED) is 0.724. The van der Waals surface area contributed by atoms with Gasteiger partial charge in [-0.15, -0.1) is 0 Å². The number of rotatable bonds is 3. The Morgan fingerprint density at radius 2 is 2.12 bits per heavy atom. The lowest BCUT2D eigenvalue weighted by Gasteiger charge is -2.39. The standard InChI is InChI=1S/C12H23N3O2/c1-14-4-2-10(3-5-14)7-15-11(6-13)8-17-9-12(15)16/h10-11H,2-9,13H2,1H3. The molecule has 2 fully saturated rings. The highest BCUT2D eigenvalue weighted by Gasteiger charge is 2.30. The van der Waals surface area contributed by atoms with Crippen LogP contribution in [0.2, 0.25) is 0 Å². The van der Waals surface area contributed by atoms with Crippen LogP contribution < -0.4 is 5.73 Å². The van der Waals surface area contributed by atoms with Crippen molar-refractivity contribution < 1.29 is 9.53 Å². The van der Waals surface area contributed by atoms with Gasteiger partial charge in [0.2, 0.25) is 5.91 Å². The molecule has 17 heavy (non-hydrogen) atoms. The minimum atomic E-state index is 0.0795. The Hall–Kier alpha value is -0.650. The van der Waals surface area contributed by atoms with Crippen molar-refractivity contribution in [2.75, 3.05) is 46.4 Å². The number of piperidine rings is 1. The SMILES string of the molecule is CN1CCC(CN2C(=O)COCC2CN)CC1. The molecule has 1 unspecified atom stereocenters. The maximum atomic E-state index is 11.8. The van der Waals surface area contributed by atoms with Crippen molar-refractivity contribution in [3.8, 4) is 0 Å². The summed E-state index contributed by atoms with van der Waals surface area (Å²) in [6.07, 6.45) is 2.36. The third-order valence-electron chi connectivity index (χ3n) is 3.86. The Labute approximate surface area is 103 Å². The maximum absolute atomic E-state index is 11.8. The average Bonchev–Trinajstić information content (AvgIpc) is 2.34. The summed E-state index contributed by atoms with van der Waals surface area (Å²) in [5.41, 5.74) is 5.70. The molecule has 2 aliphatic rings. The number of carbonyl (C=O) groups excluding carboxylic acids is 1. The first kappa shape index (κ1) is 12.8. The van der Waals surface area contributed by atoms with Crippen molar-refractivity contribution in [2.24, 2.45) is 11.7 Å². The summed E-state index contributed by atoms with van der Waals surface area (Å²) in [7, 11) is 2.15. The second-order valence-electron chi connectivity index (χ2n) is 5.20. The molecule has 0 aliphatic carbocycles. The summed E-state index contributed by atoms with van der Waals surface area (Å²) in [6.45, 7) is 4.45. The van der Waals surface area contributed by atoms with Gasteiger partial charge < -0.3 is 20.3 Å². The predicted molar refractivity (Wildman–Crippen MR) is 65.6 cm³/mol. The number of nitrogens with zero attached hydrogens (tertiary/aromatic N) is 2. The summed E-state index contributed by atoms with van der Waals surface area (Å²) >= 11 is 0. The van der Waals surface area contributed by atoms with E-state index in [0.717, 1.165) is 19.6 Å². The van der Waals surface area contributed by atoms with Crippen molar-refractivity contribution >= 4 is 5.91 Å². The molecule has 0 bridgehead atoms. The minimum absolute atomic E-state index is 0.0795. The van der Waals surface area contributed by atoms with Crippen LogP contribution in [-0.2, 0) is 9.53 Å². The van der Waals surface area contributed by atoms with Gasteiger partial charge >= 0.3 is 0 Å². The second kappa shape index (κ2) is 5.80. The molecule has 2 saturated heterocycles. The normalized spacial score (nSPS) is 28.7.